The summed E-state index contributed by atoms with van der Waals surface area (Å²) < 4.78 is 31.5. The lowest BCUT2D eigenvalue weighted by Gasteiger charge is -2.33. The Labute approximate surface area is 171 Å². The molecule has 1 aromatic carbocycles. The van der Waals surface area contributed by atoms with E-state index in [0.717, 1.165) is 0 Å². The van der Waals surface area contributed by atoms with Crippen LogP contribution in [-0.2, 0) is 5.67 Å². The molecule has 1 aliphatic heterocycles. The van der Waals surface area contributed by atoms with E-state index in [0.29, 0.717) is 53.7 Å². The number of hydrogen-bond acceptors (Lipinski definition) is 4. The molecule has 1 aliphatic rings. The Hall–Kier alpha value is -3.13. The van der Waals surface area contributed by atoms with Crippen LogP contribution in [-0.4, -0.2) is 44.4 Å². The summed E-state index contributed by atoms with van der Waals surface area (Å²) >= 11 is 0. The summed E-state index contributed by atoms with van der Waals surface area (Å²) in [6.07, 6.45) is 4.09. The Morgan fingerprint density at radius 2 is 1.87 bits per heavy atom. The number of aromatic nitrogens is 4. The van der Waals surface area contributed by atoms with Crippen molar-refractivity contribution in [2.75, 3.05) is 20.1 Å². The van der Waals surface area contributed by atoms with Gasteiger partial charge in [0.25, 0.3) is 5.56 Å². The van der Waals surface area contributed by atoms with Gasteiger partial charge in [-0.05, 0) is 37.7 Å². The molecule has 4 heterocycles. The Morgan fingerprint density at radius 3 is 2.63 bits per heavy atom. The van der Waals surface area contributed by atoms with Crippen LogP contribution in [0.2, 0.25) is 0 Å². The third-order valence-corrected chi connectivity index (χ3v) is 5.87. The summed E-state index contributed by atoms with van der Waals surface area (Å²) in [5, 5.41) is 0.343. The van der Waals surface area contributed by atoms with Crippen molar-refractivity contribution >= 4 is 16.6 Å². The highest BCUT2D eigenvalue weighted by molar-refractivity contribution is 5.84. The number of imidazole rings is 1. The topological polar surface area (TPSA) is 66.3 Å². The van der Waals surface area contributed by atoms with Crippen molar-refractivity contribution in [1.29, 1.82) is 0 Å². The van der Waals surface area contributed by atoms with Crippen LogP contribution in [0.4, 0.5) is 8.78 Å². The van der Waals surface area contributed by atoms with Crippen LogP contribution >= 0.6 is 0 Å². The van der Waals surface area contributed by atoms with Gasteiger partial charge in [-0.3, -0.25) is 4.79 Å². The average molecular weight is 409 g/mol. The minimum absolute atomic E-state index is 0.0854. The molecule has 0 amide bonds. The SMILES string of the molecule is Cc1cn2cc(-c3ccc4nc(C5(F)CCN(C)CC5)[nH]c(=O)c4c3)cc(F)c2n1. The molecule has 154 valence electrons. The summed E-state index contributed by atoms with van der Waals surface area (Å²) in [5.74, 6) is -0.355. The number of rotatable bonds is 2. The van der Waals surface area contributed by atoms with Crippen molar-refractivity contribution in [3.8, 4) is 11.1 Å². The monoisotopic (exact) mass is 409 g/mol. The Kier molecular flexibility index (Phi) is 4.21. The standard InChI is InChI=1S/C22H21F2N5O/c1-13-11-29-12-15(10-17(23)19(29)25-13)14-3-4-18-16(9-14)20(30)27-21(26-18)22(24)5-7-28(2)8-6-22/h3-4,9-12H,5-8H2,1-2H3,(H,26,27,30). The summed E-state index contributed by atoms with van der Waals surface area (Å²) in [5.41, 5.74) is 0.649. The number of H-pyrrole nitrogens is 1. The molecule has 1 saturated heterocycles. The van der Waals surface area contributed by atoms with Crippen molar-refractivity contribution < 1.29 is 8.78 Å². The molecule has 0 spiro atoms. The number of nitrogens with one attached hydrogen (secondary N) is 1. The van der Waals surface area contributed by atoms with E-state index >= 15 is 4.39 Å². The molecule has 0 radical (unpaired) electrons. The van der Waals surface area contributed by atoms with Crippen LogP contribution in [0, 0.1) is 12.7 Å². The number of aryl methyl sites for hydroxylation is 1. The number of piperidine rings is 1. The Morgan fingerprint density at radius 1 is 1.10 bits per heavy atom. The molecule has 8 heteroatoms. The van der Waals surface area contributed by atoms with Gasteiger partial charge >= 0.3 is 0 Å². The quantitative estimate of drug-likeness (QED) is 0.550. The smallest absolute Gasteiger partial charge is 0.258 e. The van der Waals surface area contributed by atoms with Crippen LogP contribution in [0.5, 0.6) is 0 Å². The van der Waals surface area contributed by atoms with Crippen molar-refractivity contribution in [3.63, 3.8) is 0 Å². The molecular formula is C22H21F2N5O. The average Bonchev–Trinajstić information content (AvgIpc) is 3.11. The number of alkyl halides is 1. The van der Waals surface area contributed by atoms with Gasteiger partial charge < -0.3 is 14.3 Å². The van der Waals surface area contributed by atoms with Gasteiger partial charge in [0, 0.05) is 43.9 Å². The second kappa shape index (κ2) is 6.70. The second-order valence-electron chi connectivity index (χ2n) is 8.10. The lowest BCUT2D eigenvalue weighted by atomic mass is 9.92. The predicted molar refractivity (Wildman–Crippen MR) is 111 cm³/mol. The van der Waals surface area contributed by atoms with Crippen molar-refractivity contribution in [3.05, 3.63) is 64.3 Å². The van der Waals surface area contributed by atoms with Crippen LogP contribution in [0.3, 0.4) is 0 Å². The number of benzene rings is 1. The van der Waals surface area contributed by atoms with E-state index in [-0.39, 0.29) is 11.5 Å². The fourth-order valence-electron chi connectivity index (χ4n) is 4.08. The van der Waals surface area contributed by atoms with Gasteiger partial charge in [0.15, 0.2) is 17.1 Å². The zero-order valence-corrected chi connectivity index (χ0v) is 16.7. The highest BCUT2D eigenvalue weighted by Gasteiger charge is 2.38. The van der Waals surface area contributed by atoms with E-state index in [1.165, 1.54) is 6.07 Å². The highest BCUT2D eigenvalue weighted by Crippen LogP contribution is 2.35. The molecule has 30 heavy (non-hydrogen) atoms. The number of aromatic amines is 1. The molecular weight excluding hydrogens is 388 g/mol. The maximum absolute atomic E-state index is 15.4. The lowest BCUT2D eigenvalue weighted by molar-refractivity contribution is 0.0591. The van der Waals surface area contributed by atoms with Gasteiger partial charge in [0.05, 0.1) is 16.6 Å². The lowest BCUT2D eigenvalue weighted by Crippen LogP contribution is -2.39. The number of fused-ring (bicyclic) bond motifs is 2. The second-order valence-corrected chi connectivity index (χ2v) is 8.10. The van der Waals surface area contributed by atoms with Crippen LogP contribution in [0.25, 0.3) is 27.7 Å². The normalized spacial score (nSPS) is 17.1. The first-order chi connectivity index (χ1) is 14.3. The maximum Gasteiger partial charge on any atom is 0.258 e. The molecule has 1 N–H and O–H groups in total. The molecule has 0 aliphatic carbocycles. The first-order valence-electron chi connectivity index (χ1n) is 9.90. The van der Waals surface area contributed by atoms with Crippen molar-refractivity contribution in [1.82, 2.24) is 24.3 Å². The van der Waals surface area contributed by atoms with E-state index in [1.54, 1.807) is 41.9 Å². The minimum Gasteiger partial charge on any atom is -0.307 e. The van der Waals surface area contributed by atoms with Gasteiger partial charge in [-0.2, -0.15) is 0 Å². The summed E-state index contributed by atoms with van der Waals surface area (Å²) in [6.45, 7) is 3.02. The largest absolute Gasteiger partial charge is 0.307 e. The third-order valence-electron chi connectivity index (χ3n) is 5.87. The van der Waals surface area contributed by atoms with E-state index in [9.17, 15) is 9.18 Å². The summed E-state index contributed by atoms with van der Waals surface area (Å²) in [7, 11) is 1.95. The molecule has 0 bridgehead atoms. The summed E-state index contributed by atoms with van der Waals surface area (Å²) in [6, 6.07) is 6.51. The predicted octanol–water partition coefficient (Wildman–Crippen LogP) is 3.58. The fourth-order valence-corrected chi connectivity index (χ4v) is 4.08. The number of nitrogens with zero attached hydrogens (tertiary/aromatic N) is 4. The molecule has 0 saturated carbocycles. The summed E-state index contributed by atoms with van der Waals surface area (Å²) in [4.78, 5) is 26.0. The van der Waals surface area contributed by atoms with Crippen molar-refractivity contribution in [2.24, 2.45) is 0 Å². The molecule has 0 unspecified atom stereocenters. The van der Waals surface area contributed by atoms with E-state index < -0.39 is 17.0 Å². The number of likely N-dealkylation sites (tertiary alicyclic amines) is 1. The first-order valence-corrected chi connectivity index (χ1v) is 9.90. The number of hydrogen-bond donors (Lipinski definition) is 1. The van der Waals surface area contributed by atoms with Gasteiger partial charge in [-0.1, -0.05) is 6.07 Å². The maximum atomic E-state index is 15.4. The van der Waals surface area contributed by atoms with Crippen molar-refractivity contribution in [2.45, 2.75) is 25.4 Å². The fraction of sp³-hybridized carbons (Fsp3) is 0.318. The third kappa shape index (κ3) is 3.08. The van der Waals surface area contributed by atoms with E-state index in [1.807, 2.05) is 7.05 Å². The molecule has 3 aromatic heterocycles. The molecule has 6 nitrogen and oxygen atoms in total. The van der Waals surface area contributed by atoms with Gasteiger partial charge in [0.2, 0.25) is 0 Å². The highest BCUT2D eigenvalue weighted by atomic mass is 19.1. The van der Waals surface area contributed by atoms with Gasteiger partial charge in [0.1, 0.15) is 5.82 Å². The van der Waals surface area contributed by atoms with Crippen LogP contribution in [0.15, 0.2) is 41.5 Å². The van der Waals surface area contributed by atoms with E-state index in [2.05, 4.69) is 19.9 Å². The van der Waals surface area contributed by atoms with Gasteiger partial charge in [-0.25, -0.2) is 18.7 Å². The number of halogens is 2. The Bertz CT molecular complexity index is 1330. The molecule has 1 fully saturated rings. The van der Waals surface area contributed by atoms with Crippen LogP contribution in [0.1, 0.15) is 24.4 Å². The molecule has 5 rings (SSSR count). The first kappa shape index (κ1) is 18.9. The van der Waals surface area contributed by atoms with Crippen LogP contribution < -0.4 is 5.56 Å². The zero-order chi connectivity index (χ0) is 21.0. The zero-order valence-electron chi connectivity index (χ0n) is 16.7. The number of pyridine rings is 1. The van der Waals surface area contributed by atoms with Gasteiger partial charge in [-0.15, -0.1) is 0 Å². The minimum atomic E-state index is -1.63. The molecule has 4 aromatic rings. The van der Waals surface area contributed by atoms with E-state index in [4.69, 9.17) is 0 Å². The Balaban J connectivity index is 1.59. The molecule has 0 atom stereocenters.